The van der Waals surface area contributed by atoms with Crippen LogP contribution in [0.4, 0.5) is 4.39 Å². The maximum absolute atomic E-state index is 13.6. The SMILES string of the molecule is CN1CCC(CNCc2cccc(Cl)c2F)C1. The highest BCUT2D eigenvalue weighted by molar-refractivity contribution is 6.30. The topological polar surface area (TPSA) is 15.3 Å². The first-order chi connectivity index (χ1) is 8.16. The van der Waals surface area contributed by atoms with E-state index >= 15 is 0 Å². The van der Waals surface area contributed by atoms with Crippen LogP contribution in [-0.4, -0.2) is 31.6 Å². The van der Waals surface area contributed by atoms with E-state index in [9.17, 15) is 4.39 Å². The second-order valence-corrected chi connectivity index (χ2v) is 5.17. The van der Waals surface area contributed by atoms with Gasteiger partial charge in [0.1, 0.15) is 5.82 Å². The Morgan fingerprint density at radius 3 is 3.06 bits per heavy atom. The summed E-state index contributed by atoms with van der Waals surface area (Å²) in [5.74, 6) is 0.382. The summed E-state index contributed by atoms with van der Waals surface area (Å²) in [6.45, 7) is 3.78. The Balaban J connectivity index is 1.80. The van der Waals surface area contributed by atoms with Crippen molar-refractivity contribution in [3.8, 4) is 0 Å². The average molecular weight is 257 g/mol. The number of nitrogens with one attached hydrogen (secondary N) is 1. The highest BCUT2D eigenvalue weighted by Gasteiger charge is 2.18. The van der Waals surface area contributed by atoms with Crippen LogP contribution in [0, 0.1) is 11.7 Å². The molecule has 0 aromatic heterocycles. The highest BCUT2D eigenvalue weighted by Crippen LogP contribution is 2.18. The smallest absolute Gasteiger partial charge is 0.146 e. The summed E-state index contributed by atoms with van der Waals surface area (Å²) in [6.07, 6.45) is 1.22. The van der Waals surface area contributed by atoms with Gasteiger partial charge in [-0.05, 0) is 38.5 Å². The summed E-state index contributed by atoms with van der Waals surface area (Å²) in [5.41, 5.74) is 0.642. The van der Waals surface area contributed by atoms with E-state index in [0.717, 1.165) is 19.6 Å². The molecule has 1 N–H and O–H groups in total. The van der Waals surface area contributed by atoms with Gasteiger partial charge in [0.05, 0.1) is 5.02 Å². The van der Waals surface area contributed by atoms with Crippen molar-refractivity contribution in [2.24, 2.45) is 5.92 Å². The molecule has 0 bridgehead atoms. The van der Waals surface area contributed by atoms with Crippen LogP contribution in [0.1, 0.15) is 12.0 Å². The van der Waals surface area contributed by atoms with E-state index in [1.807, 2.05) is 0 Å². The fourth-order valence-corrected chi connectivity index (χ4v) is 2.48. The van der Waals surface area contributed by atoms with Gasteiger partial charge < -0.3 is 10.2 Å². The van der Waals surface area contributed by atoms with Crippen LogP contribution < -0.4 is 5.32 Å². The minimum absolute atomic E-state index is 0.199. The van der Waals surface area contributed by atoms with Crippen LogP contribution in [0.15, 0.2) is 18.2 Å². The van der Waals surface area contributed by atoms with Gasteiger partial charge in [0, 0.05) is 18.7 Å². The van der Waals surface area contributed by atoms with Crippen molar-refractivity contribution >= 4 is 11.6 Å². The standard InChI is InChI=1S/C13H18ClFN2/c1-17-6-5-10(9-17)7-16-8-11-3-2-4-12(14)13(11)15/h2-4,10,16H,5-9H2,1H3. The van der Waals surface area contributed by atoms with E-state index < -0.39 is 0 Å². The Morgan fingerprint density at radius 1 is 1.53 bits per heavy atom. The lowest BCUT2D eigenvalue weighted by atomic mass is 10.1. The van der Waals surface area contributed by atoms with E-state index in [1.165, 1.54) is 6.42 Å². The fraction of sp³-hybridized carbons (Fsp3) is 0.538. The molecule has 17 heavy (non-hydrogen) atoms. The summed E-state index contributed by atoms with van der Waals surface area (Å²) < 4.78 is 13.6. The maximum atomic E-state index is 13.6. The third-order valence-electron chi connectivity index (χ3n) is 3.27. The number of hydrogen-bond acceptors (Lipinski definition) is 2. The lowest BCUT2D eigenvalue weighted by molar-refractivity contribution is 0.387. The number of halogens is 2. The van der Waals surface area contributed by atoms with E-state index in [4.69, 9.17) is 11.6 Å². The van der Waals surface area contributed by atoms with Gasteiger partial charge in [-0.1, -0.05) is 23.7 Å². The second kappa shape index (κ2) is 5.80. The fourth-order valence-electron chi connectivity index (χ4n) is 2.29. The molecule has 1 aliphatic rings. The van der Waals surface area contributed by atoms with Gasteiger partial charge in [0.2, 0.25) is 0 Å². The summed E-state index contributed by atoms with van der Waals surface area (Å²) in [7, 11) is 2.14. The molecule has 0 amide bonds. The van der Waals surface area contributed by atoms with Crippen molar-refractivity contribution < 1.29 is 4.39 Å². The number of nitrogens with zero attached hydrogens (tertiary/aromatic N) is 1. The van der Waals surface area contributed by atoms with Crippen LogP contribution in [0.5, 0.6) is 0 Å². The molecule has 0 saturated carbocycles. The number of hydrogen-bond donors (Lipinski definition) is 1. The van der Waals surface area contributed by atoms with Gasteiger partial charge in [-0.3, -0.25) is 0 Å². The normalized spacial score (nSPS) is 21.0. The Bertz CT molecular complexity index is 384. The van der Waals surface area contributed by atoms with Crippen LogP contribution >= 0.6 is 11.6 Å². The van der Waals surface area contributed by atoms with E-state index in [-0.39, 0.29) is 10.8 Å². The third-order valence-corrected chi connectivity index (χ3v) is 3.56. The lowest BCUT2D eigenvalue weighted by Crippen LogP contribution is -2.25. The molecule has 0 radical (unpaired) electrons. The van der Waals surface area contributed by atoms with Crippen molar-refractivity contribution in [1.82, 2.24) is 10.2 Å². The molecule has 1 atom stereocenters. The minimum Gasteiger partial charge on any atom is -0.312 e. The zero-order valence-electron chi connectivity index (χ0n) is 10.0. The molecule has 2 rings (SSSR count). The van der Waals surface area contributed by atoms with Gasteiger partial charge in [-0.2, -0.15) is 0 Å². The van der Waals surface area contributed by atoms with Crippen LogP contribution in [-0.2, 0) is 6.54 Å². The third kappa shape index (κ3) is 3.41. The summed E-state index contributed by atoms with van der Waals surface area (Å²) >= 11 is 5.73. The summed E-state index contributed by atoms with van der Waals surface area (Å²) in [5, 5.41) is 3.51. The Kier molecular flexibility index (Phi) is 4.37. The van der Waals surface area contributed by atoms with Crippen molar-refractivity contribution in [1.29, 1.82) is 0 Å². The first-order valence-corrected chi connectivity index (χ1v) is 6.37. The molecule has 1 unspecified atom stereocenters. The predicted octanol–water partition coefficient (Wildman–Crippen LogP) is 2.52. The monoisotopic (exact) mass is 256 g/mol. The second-order valence-electron chi connectivity index (χ2n) is 4.76. The minimum atomic E-state index is -0.301. The van der Waals surface area contributed by atoms with Gasteiger partial charge in [0.25, 0.3) is 0 Å². The molecule has 4 heteroatoms. The molecular weight excluding hydrogens is 239 g/mol. The molecule has 1 aromatic rings. The Hall–Kier alpha value is -0.640. The van der Waals surface area contributed by atoms with Crippen molar-refractivity contribution in [2.45, 2.75) is 13.0 Å². The van der Waals surface area contributed by atoms with Gasteiger partial charge in [0.15, 0.2) is 0 Å². The predicted molar refractivity (Wildman–Crippen MR) is 68.7 cm³/mol. The van der Waals surface area contributed by atoms with Crippen molar-refractivity contribution in [3.63, 3.8) is 0 Å². The van der Waals surface area contributed by atoms with E-state index in [1.54, 1.807) is 18.2 Å². The number of likely N-dealkylation sites (tertiary alicyclic amines) is 1. The van der Waals surface area contributed by atoms with Crippen LogP contribution in [0.3, 0.4) is 0 Å². The average Bonchev–Trinajstić information content (AvgIpc) is 2.70. The van der Waals surface area contributed by atoms with Crippen LogP contribution in [0.2, 0.25) is 5.02 Å². The summed E-state index contributed by atoms with van der Waals surface area (Å²) in [4.78, 5) is 2.33. The van der Waals surface area contributed by atoms with Gasteiger partial charge in [-0.15, -0.1) is 0 Å². The first kappa shape index (κ1) is 12.8. The molecule has 1 saturated heterocycles. The Labute approximate surface area is 107 Å². The number of benzene rings is 1. The van der Waals surface area contributed by atoms with E-state index in [0.29, 0.717) is 18.0 Å². The first-order valence-electron chi connectivity index (χ1n) is 5.99. The molecule has 1 aliphatic heterocycles. The quantitative estimate of drug-likeness (QED) is 0.891. The molecule has 94 valence electrons. The number of rotatable bonds is 4. The molecule has 0 aliphatic carbocycles. The van der Waals surface area contributed by atoms with Gasteiger partial charge in [-0.25, -0.2) is 4.39 Å². The van der Waals surface area contributed by atoms with Crippen molar-refractivity contribution in [3.05, 3.63) is 34.6 Å². The maximum Gasteiger partial charge on any atom is 0.146 e. The van der Waals surface area contributed by atoms with Crippen LogP contribution in [0.25, 0.3) is 0 Å². The van der Waals surface area contributed by atoms with E-state index in [2.05, 4.69) is 17.3 Å². The molecule has 1 heterocycles. The highest BCUT2D eigenvalue weighted by atomic mass is 35.5. The lowest BCUT2D eigenvalue weighted by Gasteiger charge is -2.12. The molecule has 0 spiro atoms. The summed E-state index contributed by atoms with van der Waals surface area (Å²) in [6, 6.07) is 5.13. The zero-order valence-corrected chi connectivity index (χ0v) is 10.8. The Morgan fingerprint density at radius 2 is 2.35 bits per heavy atom. The molecule has 1 fully saturated rings. The molecule has 1 aromatic carbocycles. The van der Waals surface area contributed by atoms with Gasteiger partial charge >= 0.3 is 0 Å². The van der Waals surface area contributed by atoms with Crippen molar-refractivity contribution in [2.75, 3.05) is 26.7 Å². The largest absolute Gasteiger partial charge is 0.312 e. The molecular formula is C13H18ClFN2. The molecule has 2 nitrogen and oxygen atoms in total. The zero-order chi connectivity index (χ0) is 12.3.